The molecule has 2 heteroatoms. The van der Waals surface area contributed by atoms with Gasteiger partial charge in [0.1, 0.15) is 0 Å². The van der Waals surface area contributed by atoms with Crippen LogP contribution in [0.25, 0.3) is 0 Å². The molecule has 1 unspecified atom stereocenters. The van der Waals surface area contributed by atoms with Gasteiger partial charge in [0.25, 0.3) is 0 Å². The summed E-state index contributed by atoms with van der Waals surface area (Å²) in [4.78, 5) is 0. The molecule has 2 N–H and O–H groups in total. The number of aliphatic hydroxyl groups excluding tert-OH is 1. The summed E-state index contributed by atoms with van der Waals surface area (Å²) in [7, 11) is 0. The first kappa shape index (κ1) is 23.5. The molecule has 3 aliphatic carbocycles. The van der Waals surface area contributed by atoms with Crippen LogP contribution < -0.4 is 0 Å². The van der Waals surface area contributed by atoms with Crippen molar-refractivity contribution in [2.24, 2.45) is 29.1 Å². The predicted molar refractivity (Wildman–Crippen MR) is 127 cm³/mol. The van der Waals surface area contributed by atoms with Gasteiger partial charge >= 0.3 is 0 Å². The van der Waals surface area contributed by atoms with E-state index >= 15 is 0 Å². The summed E-state index contributed by atoms with van der Waals surface area (Å²) in [5, 5.41) is 20.3. The van der Waals surface area contributed by atoms with E-state index in [-0.39, 0.29) is 12.0 Å². The zero-order valence-electron chi connectivity index (χ0n) is 20.0. The van der Waals surface area contributed by atoms with E-state index in [2.05, 4.69) is 51.7 Å². The van der Waals surface area contributed by atoms with Crippen LogP contribution in [0.1, 0.15) is 86.0 Å². The minimum absolute atomic E-state index is 0.164. The zero-order valence-corrected chi connectivity index (χ0v) is 20.0. The van der Waals surface area contributed by atoms with Crippen molar-refractivity contribution in [1.29, 1.82) is 0 Å². The van der Waals surface area contributed by atoms with Crippen molar-refractivity contribution in [1.82, 2.24) is 0 Å². The summed E-state index contributed by atoms with van der Waals surface area (Å²) in [6.45, 7) is 15.0. The number of fused-ring (bicyclic) bond motifs is 1. The van der Waals surface area contributed by atoms with E-state index in [1.165, 1.54) is 43.3 Å². The summed E-state index contributed by atoms with van der Waals surface area (Å²) in [6.07, 6.45) is 18.0. The van der Waals surface area contributed by atoms with Crippen LogP contribution in [0, 0.1) is 29.1 Å². The lowest BCUT2D eigenvalue weighted by Gasteiger charge is -2.44. The van der Waals surface area contributed by atoms with Crippen molar-refractivity contribution in [3.8, 4) is 0 Å². The standard InChI is InChI=1S/C28H44O2/c1-19-10-14-24(29)18-23(19)13-12-22-8-7-17-28(6)25(15-16-26(22)28)20(2)9-11-21(3)27(4,5)30/h9,11-13,20-21,24-26,29-30H,1,7-8,10,14-18H2,2-6H3/t20-,21+,24+,25-,26?,28-/m1/s1. The van der Waals surface area contributed by atoms with Crippen LogP contribution in [0.3, 0.4) is 0 Å². The van der Waals surface area contributed by atoms with Gasteiger partial charge in [-0.2, -0.15) is 0 Å². The second kappa shape index (κ2) is 9.17. The SMILES string of the molecule is C=C1CC[C@H](O)CC1=CC=C1CCC[C@@]2(C)C1CC[C@@H]2[C@H](C)C=C[C@H](C)C(C)(C)O. The Morgan fingerprint density at radius 2 is 1.83 bits per heavy atom. The maximum Gasteiger partial charge on any atom is 0.0651 e. The third-order valence-corrected chi connectivity index (χ3v) is 8.68. The average molecular weight is 413 g/mol. The van der Waals surface area contributed by atoms with Crippen molar-refractivity contribution in [3.05, 3.63) is 47.6 Å². The summed E-state index contributed by atoms with van der Waals surface area (Å²) < 4.78 is 0. The lowest BCUT2D eigenvalue weighted by atomic mass is 9.61. The molecule has 3 saturated carbocycles. The summed E-state index contributed by atoms with van der Waals surface area (Å²) >= 11 is 0. The Morgan fingerprint density at radius 1 is 1.10 bits per heavy atom. The second-order valence-electron chi connectivity index (χ2n) is 11.2. The maximum absolute atomic E-state index is 10.3. The Kier molecular flexibility index (Phi) is 7.19. The zero-order chi connectivity index (χ0) is 22.1. The average Bonchev–Trinajstić information content (AvgIpc) is 3.03. The van der Waals surface area contributed by atoms with E-state index in [0.717, 1.165) is 19.3 Å². The van der Waals surface area contributed by atoms with E-state index in [1.54, 1.807) is 5.57 Å². The molecule has 0 aromatic heterocycles. The van der Waals surface area contributed by atoms with Crippen LogP contribution in [0.5, 0.6) is 0 Å². The topological polar surface area (TPSA) is 40.5 Å². The van der Waals surface area contributed by atoms with Crippen LogP contribution in [0.15, 0.2) is 47.6 Å². The molecule has 0 radical (unpaired) electrons. The van der Waals surface area contributed by atoms with E-state index in [9.17, 15) is 10.2 Å². The van der Waals surface area contributed by atoms with Gasteiger partial charge in [0.15, 0.2) is 0 Å². The van der Waals surface area contributed by atoms with Gasteiger partial charge in [-0.15, -0.1) is 0 Å². The lowest BCUT2D eigenvalue weighted by Crippen LogP contribution is -2.35. The molecular weight excluding hydrogens is 368 g/mol. The molecule has 0 aliphatic heterocycles. The highest BCUT2D eigenvalue weighted by Gasteiger charge is 2.50. The number of allylic oxidation sites excluding steroid dienone is 5. The molecule has 0 heterocycles. The normalized spacial score (nSPS) is 37.7. The lowest BCUT2D eigenvalue weighted by molar-refractivity contribution is 0.0436. The molecule has 3 aliphatic rings. The summed E-state index contributed by atoms with van der Waals surface area (Å²) in [5.74, 6) is 2.08. The van der Waals surface area contributed by atoms with Crippen LogP contribution in [-0.4, -0.2) is 21.9 Å². The smallest absolute Gasteiger partial charge is 0.0651 e. The van der Waals surface area contributed by atoms with E-state index in [1.807, 2.05) is 13.8 Å². The summed E-state index contributed by atoms with van der Waals surface area (Å²) in [5.41, 5.74) is 3.78. The third kappa shape index (κ3) is 5.02. The van der Waals surface area contributed by atoms with Crippen LogP contribution >= 0.6 is 0 Å². The molecule has 2 nitrogen and oxygen atoms in total. The fourth-order valence-corrected chi connectivity index (χ4v) is 6.25. The first-order chi connectivity index (χ1) is 14.0. The first-order valence-corrected chi connectivity index (χ1v) is 12.2. The molecule has 0 amide bonds. The Morgan fingerprint density at radius 3 is 2.53 bits per heavy atom. The van der Waals surface area contributed by atoms with E-state index in [0.29, 0.717) is 23.2 Å². The largest absolute Gasteiger partial charge is 0.393 e. The van der Waals surface area contributed by atoms with Crippen molar-refractivity contribution in [3.63, 3.8) is 0 Å². The molecular formula is C28H44O2. The van der Waals surface area contributed by atoms with Gasteiger partial charge in [-0.25, -0.2) is 0 Å². The number of hydrogen-bond donors (Lipinski definition) is 2. The minimum Gasteiger partial charge on any atom is -0.393 e. The molecule has 0 bridgehead atoms. The van der Waals surface area contributed by atoms with Gasteiger partial charge in [-0.05, 0) is 94.0 Å². The third-order valence-electron chi connectivity index (χ3n) is 8.68. The van der Waals surface area contributed by atoms with Crippen molar-refractivity contribution in [2.75, 3.05) is 0 Å². The van der Waals surface area contributed by atoms with E-state index < -0.39 is 5.60 Å². The van der Waals surface area contributed by atoms with Gasteiger partial charge in [0, 0.05) is 5.92 Å². The molecule has 30 heavy (non-hydrogen) atoms. The Balaban J connectivity index is 1.75. The Labute approximate surface area is 184 Å². The number of aliphatic hydroxyl groups is 2. The first-order valence-electron chi connectivity index (χ1n) is 12.2. The van der Waals surface area contributed by atoms with Crippen molar-refractivity contribution in [2.45, 2.75) is 97.7 Å². The quantitative estimate of drug-likeness (QED) is 0.490. The number of hydrogen-bond acceptors (Lipinski definition) is 2. The molecule has 0 saturated heterocycles. The number of rotatable bonds is 5. The minimum atomic E-state index is -0.663. The molecule has 3 fully saturated rings. The monoisotopic (exact) mass is 412 g/mol. The van der Waals surface area contributed by atoms with E-state index in [4.69, 9.17) is 0 Å². The predicted octanol–water partition coefficient (Wildman–Crippen LogP) is 6.76. The highest BCUT2D eigenvalue weighted by Crippen LogP contribution is 2.59. The molecule has 3 rings (SSSR count). The summed E-state index contributed by atoms with van der Waals surface area (Å²) in [6, 6.07) is 0. The van der Waals surface area contributed by atoms with Crippen LogP contribution in [0.2, 0.25) is 0 Å². The fourth-order valence-electron chi connectivity index (χ4n) is 6.25. The van der Waals surface area contributed by atoms with Gasteiger partial charge < -0.3 is 10.2 Å². The van der Waals surface area contributed by atoms with Gasteiger partial charge in [0.05, 0.1) is 11.7 Å². The highest BCUT2D eigenvalue weighted by atomic mass is 16.3. The molecule has 0 spiro atoms. The Bertz CT molecular complexity index is 719. The van der Waals surface area contributed by atoms with Gasteiger partial charge in [-0.3, -0.25) is 0 Å². The van der Waals surface area contributed by atoms with Crippen LogP contribution in [-0.2, 0) is 0 Å². The maximum atomic E-state index is 10.3. The highest BCUT2D eigenvalue weighted by molar-refractivity contribution is 5.36. The molecule has 168 valence electrons. The fraction of sp³-hybridized carbons (Fsp3) is 0.714. The van der Waals surface area contributed by atoms with Crippen molar-refractivity contribution < 1.29 is 10.2 Å². The second-order valence-corrected chi connectivity index (χ2v) is 11.2. The van der Waals surface area contributed by atoms with Crippen molar-refractivity contribution >= 4 is 0 Å². The molecule has 6 atom stereocenters. The van der Waals surface area contributed by atoms with Crippen LogP contribution in [0.4, 0.5) is 0 Å². The van der Waals surface area contributed by atoms with Gasteiger partial charge in [0.2, 0.25) is 0 Å². The molecule has 0 aromatic carbocycles. The van der Waals surface area contributed by atoms with Gasteiger partial charge in [-0.1, -0.05) is 62.8 Å². The Hall–Kier alpha value is -1.12. The molecule has 0 aromatic rings.